The molecule has 0 atom stereocenters. The van der Waals surface area contributed by atoms with E-state index in [2.05, 4.69) is 55.0 Å². The van der Waals surface area contributed by atoms with Crippen LogP contribution in [-0.4, -0.2) is 9.97 Å². The standard InChI is InChI=1S/C14H17N3S/c1-14(2,3)10-4-6-11(7-5-10)18-13-12(15)16-8-9-17-13/h4-9H,1-3H3,(H2,15,16). The molecule has 2 N–H and O–H groups in total. The third-order valence-corrected chi connectivity index (χ3v) is 3.64. The summed E-state index contributed by atoms with van der Waals surface area (Å²) in [4.78, 5) is 9.37. The van der Waals surface area contributed by atoms with Crippen molar-refractivity contribution in [3.8, 4) is 0 Å². The van der Waals surface area contributed by atoms with Crippen LogP contribution in [-0.2, 0) is 5.41 Å². The van der Waals surface area contributed by atoms with E-state index in [4.69, 9.17) is 5.73 Å². The van der Waals surface area contributed by atoms with Crippen LogP contribution in [0.15, 0.2) is 46.6 Å². The monoisotopic (exact) mass is 259 g/mol. The van der Waals surface area contributed by atoms with Gasteiger partial charge in [-0.1, -0.05) is 44.7 Å². The van der Waals surface area contributed by atoms with Crippen LogP contribution < -0.4 is 5.73 Å². The third-order valence-electron chi connectivity index (χ3n) is 2.63. The van der Waals surface area contributed by atoms with E-state index < -0.39 is 0 Å². The summed E-state index contributed by atoms with van der Waals surface area (Å²) in [6.07, 6.45) is 3.25. The molecule has 0 amide bonds. The number of hydrogen-bond acceptors (Lipinski definition) is 4. The highest BCUT2D eigenvalue weighted by Crippen LogP contribution is 2.30. The zero-order valence-electron chi connectivity index (χ0n) is 10.8. The van der Waals surface area contributed by atoms with Crippen molar-refractivity contribution in [2.45, 2.75) is 36.1 Å². The Morgan fingerprint density at radius 1 is 1.00 bits per heavy atom. The number of nitrogen functional groups attached to an aromatic ring is 1. The normalized spacial score (nSPS) is 11.5. The first-order valence-electron chi connectivity index (χ1n) is 5.82. The van der Waals surface area contributed by atoms with Gasteiger partial charge in [-0.2, -0.15) is 0 Å². The van der Waals surface area contributed by atoms with E-state index in [1.54, 1.807) is 12.4 Å². The van der Waals surface area contributed by atoms with Crippen LogP contribution in [0.2, 0.25) is 0 Å². The number of benzene rings is 1. The zero-order valence-corrected chi connectivity index (χ0v) is 11.7. The van der Waals surface area contributed by atoms with Crippen LogP contribution in [0.3, 0.4) is 0 Å². The molecule has 1 heterocycles. The van der Waals surface area contributed by atoms with Gasteiger partial charge in [0.05, 0.1) is 0 Å². The molecule has 0 saturated heterocycles. The van der Waals surface area contributed by atoms with Gasteiger partial charge in [0.15, 0.2) is 5.82 Å². The fraction of sp³-hybridized carbons (Fsp3) is 0.286. The molecule has 0 spiro atoms. The van der Waals surface area contributed by atoms with E-state index in [0.29, 0.717) is 5.82 Å². The van der Waals surface area contributed by atoms with E-state index in [1.807, 2.05) is 0 Å². The molecule has 0 radical (unpaired) electrons. The highest BCUT2D eigenvalue weighted by molar-refractivity contribution is 7.99. The molecule has 0 saturated carbocycles. The molecule has 0 bridgehead atoms. The summed E-state index contributed by atoms with van der Waals surface area (Å²) in [6.45, 7) is 6.61. The lowest BCUT2D eigenvalue weighted by atomic mass is 9.87. The van der Waals surface area contributed by atoms with Crippen molar-refractivity contribution in [3.05, 3.63) is 42.2 Å². The van der Waals surface area contributed by atoms with Crippen molar-refractivity contribution < 1.29 is 0 Å². The van der Waals surface area contributed by atoms with Gasteiger partial charge < -0.3 is 5.73 Å². The number of nitrogens with two attached hydrogens (primary N) is 1. The molecule has 94 valence electrons. The maximum Gasteiger partial charge on any atom is 0.156 e. The molecular formula is C14H17N3S. The van der Waals surface area contributed by atoms with E-state index in [-0.39, 0.29) is 5.41 Å². The number of aromatic nitrogens is 2. The second kappa shape index (κ2) is 4.98. The number of rotatable bonds is 2. The van der Waals surface area contributed by atoms with Crippen molar-refractivity contribution >= 4 is 17.6 Å². The van der Waals surface area contributed by atoms with E-state index in [1.165, 1.54) is 17.3 Å². The number of hydrogen-bond donors (Lipinski definition) is 1. The van der Waals surface area contributed by atoms with E-state index >= 15 is 0 Å². The summed E-state index contributed by atoms with van der Waals surface area (Å²) >= 11 is 1.53. The van der Waals surface area contributed by atoms with Crippen LogP contribution in [0.25, 0.3) is 0 Å². The highest BCUT2D eigenvalue weighted by Gasteiger charge is 2.13. The van der Waals surface area contributed by atoms with Gasteiger partial charge in [-0.05, 0) is 23.1 Å². The van der Waals surface area contributed by atoms with Crippen LogP contribution in [0.5, 0.6) is 0 Å². The summed E-state index contributed by atoms with van der Waals surface area (Å²) in [5, 5.41) is 0.751. The molecule has 0 fully saturated rings. The maximum absolute atomic E-state index is 5.77. The lowest BCUT2D eigenvalue weighted by Gasteiger charge is -2.19. The Hall–Kier alpha value is -1.55. The Balaban J connectivity index is 2.19. The smallest absolute Gasteiger partial charge is 0.156 e. The Labute approximate surface area is 112 Å². The number of anilines is 1. The summed E-state index contributed by atoms with van der Waals surface area (Å²) < 4.78 is 0. The minimum atomic E-state index is 0.175. The Kier molecular flexibility index (Phi) is 3.57. The Bertz CT molecular complexity index is 529. The molecule has 1 aromatic heterocycles. The van der Waals surface area contributed by atoms with Crippen molar-refractivity contribution in [1.82, 2.24) is 9.97 Å². The van der Waals surface area contributed by atoms with Crippen LogP contribution in [0, 0.1) is 0 Å². The van der Waals surface area contributed by atoms with E-state index in [0.717, 1.165) is 9.92 Å². The summed E-state index contributed by atoms with van der Waals surface area (Å²) in [7, 11) is 0. The van der Waals surface area contributed by atoms with Crippen molar-refractivity contribution in [2.75, 3.05) is 5.73 Å². The molecule has 0 aliphatic heterocycles. The summed E-state index contributed by atoms with van der Waals surface area (Å²) in [5.74, 6) is 0.474. The molecule has 2 rings (SSSR count). The quantitative estimate of drug-likeness (QED) is 0.896. The second-order valence-corrected chi connectivity index (χ2v) is 6.19. The van der Waals surface area contributed by atoms with Gasteiger partial charge in [0.25, 0.3) is 0 Å². The molecule has 18 heavy (non-hydrogen) atoms. The van der Waals surface area contributed by atoms with Gasteiger partial charge in [0.2, 0.25) is 0 Å². The van der Waals surface area contributed by atoms with Crippen LogP contribution in [0.1, 0.15) is 26.3 Å². The van der Waals surface area contributed by atoms with Crippen LogP contribution in [0.4, 0.5) is 5.82 Å². The first-order valence-corrected chi connectivity index (χ1v) is 6.63. The SMILES string of the molecule is CC(C)(C)c1ccc(Sc2nccnc2N)cc1. The first kappa shape index (κ1) is 12.9. The van der Waals surface area contributed by atoms with Crippen molar-refractivity contribution in [2.24, 2.45) is 0 Å². The average molecular weight is 259 g/mol. The highest BCUT2D eigenvalue weighted by atomic mass is 32.2. The fourth-order valence-electron chi connectivity index (χ4n) is 1.55. The van der Waals surface area contributed by atoms with E-state index in [9.17, 15) is 0 Å². The van der Waals surface area contributed by atoms with Crippen LogP contribution >= 0.6 is 11.8 Å². The summed E-state index contributed by atoms with van der Waals surface area (Å²) in [6, 6.07) is 8.49. The van der Waals surface area contributed by atoms with Gasteiger partial charge in [-0.15, -0.1) is 0 Å². The average Bonchev–Trinajstić information content (AvgIpc) is 2.32. The molecule has 3 nitrogen and oxygen atoms in total. The number of nitrogens with zero attached hydrogens (tertiary/aromatic N) is 2. The lowest BCUT2D eigenvalue weighted by Crippen LogP contribution is -2.10. The minimum Gasteiger partial charge on any atom is -0.381 e. The fourth-order valence-corrected chi connectivity index (χ4v) is 2.32. The molecule has 4 heteroatoms. The minimum absolute atomic E-state index is 0.175. The molecular weight excluding hydrogens is 242 g/mol. The predicted molar refractivity (Wildman–Crippen MR) is 75.7 cm³/mol. The van der Waals surface area contributed by atoms with Gasteiger partial charge in [-0.25, -0.2) is 9.97 Å². The molecule has 0 aliphatic carbocycles. The van der Waals surface area contributed by atoms with Crippen molar-refractivity contribution in [1.29, 1.82) is 0 Å². The third kappa shape index (κ3) is 3.01. The Morgan fingerprint density at radius 2 is 1.61 bits per heavy atom. The molecule has 0 aliphatic rings. The lowest BCUT2D eigenvalue weighted by molar-refractivity contribution is 0.590. The zero-order chi connectivity index (χ0) is 13.2. The maximum atomic E-state index is 5.77. The Morgan fingerprint density at radius 3 is 2.17 bits per heavy atom. The second-order valence-electron chi connectivity index (χ2n) is 5.12. The van der Waals surface area contributed by atoms with Crippen molar-refractivity contribution in [3.63, 3.8) is 0 Å². The topological polar surface area (TPSA) is 51.8 Å². The summed E-state index contributed by atoms with van der Waals surface area (Å²) in [5.41, 5.74) is 7.27. The molecule has 0 unspecified atom stereocenters. The molecule has 1 aromatic carbocycles. The largest absolute Gasteiger partial charge is 0.381 e. The van der Waals surface area contributed by atoms with Gasteiger partial charge in [0, 0.05) is 17.3 Å². The first-order chi connectivity index (χ1) is 8.47. The van der Waals surface area contributed by atoms with Gasteiger partial charge in [0.1, 0.15) is 5.03 Å². The predicted octanol–water partition coefficient (Wildman–Crippen LogP) is 3.51. The molecule has 2 aromatic rings. The van der Waals surface area contributed by atoms with Gasteiger partial charge >= 0.3 is 0 Å². The van der Waals surface area contributed by atoms with Gasteiger partial charge in [-0.3, -0.25) is 0 Å².